The van der Waals surface area contributed by atoms with Crippen LogP contribution in [0.3, 0.4) is 0 Å². The van der Waals surface area contributed by atoms with Gasteiger partial charge in [0.25, 0.3) is 0 Å². The molecule has 1 atom stereocenters. The minimum absolute atomic E-state index is 0.455. The highest BCUT2D eigenvalue weighted by molar-refractivity contribution is 6.06. The topological polar surface area (TPSA) is 34.1 Å². The number of rotatable bonds is 3. The second kappa shape index (κ2) is 3.75. The first kappa shape index (κ1) is 13.2. The fourth-order valence-electron chi connectivity index (χ4n) is 1.15. The Labute approximate surface area is 82.7 Å². The smallest absolute Gasteiger partial charge is 0.298 e. The van der Waals surface area contributed by atoms with Crippen LogP contribution in [0.4, 0.5) is 8.78 Å². The Bertz CT molecular complexity index is 220. The number of ketones is 2. The van der Waals surface area contributed by atoms with Crippen molar-refractivity contribution in [2.45, 2.75) is 40.5 Å². The summed E-state index contributed by atoms with van der Waals surface area (Å²) in [4.78, 5) is 22.6. The van der Waals surface area contributed by atoms with Crippen molar-refractivity contribution in [2.24, 2.45) is 11.3 Å². The fraction of sp³-hybridized carbons (Fsp3) is 0.800. The van der Waals surface area contributed by atoms with Gasteiger partial charge in [-0.25, -0.2) is 0 Å². The van der Waals surface area contributed by atoms with E-state index in [4.69, 9.17) is 0 Å². The number of Topliss-reactive ketones (excluding diaryl/α,β-unsaturated/α-hetero) is 2. The first-order valence-electron chi connectivity index (χ1n) is 4.44. The van der Waals surface area contributed by atoms with Gasteiger partial charge in [-0.05, 0) is 6.92 Å². The van der Waals surface area contributed by atoms with E-state index in [-0.39, 0.29) is 0 Å². The highest BCUT2D eigenvalue weighted by Gasteiger charge is 2.41. The monoisotopic (exact) mass is 206 g/mol. The fourth-order valence-corrected chi connectivity index (χ4v) is 1.15. The van der Waals surface area contributed by atoms with Crippen LogP contribution in [0.2, 0.25) is 0 Å². The van der Waals surface area contributed by atoms with E-state index in [2.05, 4.69) is 0 Å². The lowest BCUT2D eigenvalue weighted by Gasteiger charge is -2.22. The molecule has 0 aliphatic rings. The molecule has 2 nitrogen and oxygen atoms in total. The van der Waals surface area contributed by atoms with Crippen LogP contribution in [-0.2, 0) is 9.59 Å². The van der Waals surface area contributed by atoms with Gasteiger partial charge in [0.05, 0.1) is 5.92 Å². The third-order valence-corrected chi connectivity index (χ3v) is 1.96. The lowest BCUT2D eigenvalue weighted by molar-refractivity contribution is -0.150. The normalized spacial score (nSPS) is 15.1. The van der Waals surface area contributed by atoms with E-state index in [1.807, 2.05) is 0 Å². The molecule has 0 bridgehead atoms. The van der Waals surface area contributed by atoms with Gasteiger partial charge < -0.3 is 0 Å². The molecule has 4 heteroatoms. The van der Waals surface area contributed by atoms with Crippen molar-refractivity contribution in [1.29, 1.82) is 0 Å². The summed E-state index contributed by atoms with van der Waals surface area (Å²) >= 11 is 0. The lowest BCUT2D eigenvalue weighted by atomic mass is 9.81. The van der Waals surface area contributed by atoms with Crippen LogP contribution in [0.1, 0.15) is 34.6 Å². The van der Waals surface area contributed by atoms with Gasteiger partial charge in [0.2, 0.25) is 5.78 Å². The van der Waals surface area contributed by atoms with E-state index in [1.54, 1.807) is 20.8 Å². The van der Waals surface area contributed by atoms with Crippen LogP contribution in [-0.4, -0.2) is 17.5 Å². The Kier molecular flexibility index (Phi) is 3.54. The van der Waals surface area contributed by atoms with E-state index < -0.39 is 28.8 Å². The zero-order valence-corrected chi connectivity index (χ0v) is 9.15. The quantitative estimate of drug-likeness (QED) is 0.665. The van der Waals surface area contributed by atoms with Crippen molar-refractivity contribution in [1.82, 2.24) is 0 Å². The van der Waals surface area contributed by atoms with Gasteiger partial charge in [-0.3, -0.25) is 9.59 Å². The molecule has 0 aliphatic heterocycles. The predicted octanol–water partition coefficient (Wildman–Crippen LogP) is 2.46. The van der Waals surface area contributed by atoms with Gasteiger partial charge in [0.15, 0.2) is 0 Å². The highest BCUT2D eigenvalue weighted by Crippen LogP contribution is 2.25. The first-order chi connectivity index (χ1) is 5.98. The molecule has 0 aromatic heterocycles. The summed E-state index contributed by atoms with van der Waals surface area (Å²) in [5.41, 5.74) is -0.764. The summed E-state index contributed by atoms with van der Waals surface area (Å²) in [6, 6.07) is 0. The number of hydrogen-bond acceptors (Lipinski definition) is 2. The third-order valence-electron chi connectivity index (χ3n) is 1.96. The van der Waals surface area contributed by atoms with Gasteiger partial charge in [-0.1, -0.05) is 20.8 Å². The zero-order chi connectivity index (χ0) is 11.7. The Balaban J connectivity index is 4.74. The number of alkyl halides is 2. The van der Waals surface area contributed by atoms with Crippen LogP contribution < -0.4 is 0 Å². The summed E-state index contributed by atoms with van der Waals surface area (Å²) < 4.78 is 25.2. The standard InChI is InChI=1S/C10H16F2O2/c1-6(7(13)9(2,3)4)8(14)10(5,11)12/h6H,1-5H3. The third kappa shape index (κ3) is 3.16. The summed E-state index contributed by atoms with van der Waals surface area (Å²) in [6.07, 6.45) is 0. The lowest BCUT2D eigenvalue weighted by Crippen LogP contribution is -2.39. The Morgan fingerprint density at radius 3 is 1.57 bits per heavy atom. The molecule has 1 unspecified atom stereocenters. The Morgan fingerprint density at radius 2 is 1.36 bits per heavy atom. The van der Waals surface area contributed by atoms with Gasteiger partial charge >= 0.3 is 5.92 Å². The maximum Gasteiger partial charge on any atom is 0.303 e. The van der Waals surface area contributed by atoms with Crippen LogP contribution in [0.25, 0.3) is 0 Å². The number of carbonyl (C=O) groups is 2. The predicted molar refractivity (Wildman–Crippen MR) is 49.3 cm³/mol. The molecule has 0 aliphatic carbocycles. The molecule has 0 aromatic rings. The van der Waals surface area contributed by atoms with Crippen LogP contribution >= 0.6 is 0 Å². The summed E-state index contributed by atoms with van der Waals surface area (Å²) in [5, 5.41) is 0. The molecule has 0 saturated heterocycles. The van der Waals surface area contributed by atoms with Crippen LogP contribution in [0, 0.1) is 11.3 Å². The molecule has 82 valence electrons. The largest absolute Gasteiger partial charge is 0.303 e. The minimum atomic E-state index is -3.43. The van der Waals surface area contributed by atoms with Crippen molar-refractivity contribution >= 4 is 11.6 Å². The molecule has 0 radical (unpaired) electrons. The molecule has 0 heterocycles. The maximum absolute atomic E-state index is 12.6. The molecule has 0 spiro atoms. The van der Waals surface area contributed by atoms with E-state index in [9.17, 15) is 18.4 Å². The summed E-state index contributed by atoms with van der Waals surface area (Å²) in [5.74, 6) is -6.43. The maximum atomic E-state index is 12.6. The SMILES string of the molecule is CC(C(=O)C(C)(C)C)C(=O)C(C)(F)F. The van der Waals surface area contributed by atoms with Gasteiger partial charge in [-0.15, -0.1) is 0 Å². The molecular formula is C10H16F2O2. The van der Waals surface area contributed by atoms with E-state index in [1.165, 1.54) is 6.92 Å². The zero-order valence-electron chi connectivity index (χ0n) is 9.15. The van der Waals surface area contributed by atoms with E-state index in [0.717, 1.165) is 0 Å². The molecule has 0 fully saturated rings. The van der Waals surface area contributed by atoms with Crippen molar-refractivity contribution in [3.8, 4) is 0 Å². The van der Waals surface area contributed by atoms with Crippen molar-refractivity contribution in [2.75, 3.05) is 0 Å². The van der Waals surface area contributed by atoms with Crippen molar-refractivity contribution < 1.29 is 18.4 Å². The first-order valence-corrected chi connectivity index (χ1v) is 4.44. The summed E-state index contributed by atoms with van der Waals surface area (Å²) in [6.45, 7) is 6.56. The number of carbonyl (C=O) groups excluding carboxylic acids is 2. The Hall–Kier alpha value is -0.800. The molecule has 0 amide bonds. The average Bonchev–Trinajstić information content (AvgIpc) is 1.97. The molecule has 0 aromatic carbocycles. The second-order valence-electron chi connectivity index (χ2n) is 4.59. The Morgan fingerprint density at radius 1 is 1.00 bits per heavy atom. The minimum Gasteiger partial charge on any atom is -0.298 e. The number of halogens is 2. The highest BCUT2D eigenvalue weighted by atomic mass is 19.3. The van der Waals surface area contributed by atoms with Gasteiger partial charge in [-0.2, -0.15) is 8.78 Å². The van der Waals surface area contributed by atoms with Crippen LogP contribution in [0.5, 0.6) is 0 Å². The van der Waals surface area contributed by atoms with Crippen molar-refractivity contribution in [3.63, 3.8) is 0 Å². The molecular weight excluding hydrogens is 190 g/mol. The average molecular weight is 206 g/mol. The number of hydrogen-bond donors (Lipinski definition) is 0. The summed E-state index contributed by atoms with van der Waals surface area (Å²) in [7, 11) is 0. The van der Waals surface area contributed by atoms with E-state index in [0.29, 0.717) is 6.92 Å². The second-order valence-corrected chi connectivity index (χ2v) is 4.59. The van der Waals surface area contributed by atoms with Gasteiger partial charge in [0, 0.05) is 12.3 Å². The molecule has 14 heavy (non-hydrogen) atoms. The van der Waals surface area contributed by atoms with Crippen molar-refractivity contribution in [3.05, 3.63) is 0 Å². The molecule has 0 N–H and O–H groups in total. The molecule has 0 saturated carbocycles. The molecule has 0 rings (SSSR count). The van der Waals surface area contributed by atoms with E-state index >= 15 is 0 Å². The van der Waals surface area contributed by atoms with Crippen LogP contribution in [0.15, 0.2) is 0 Å². The van der Waals surface area contributed by atoms with Gasteiger partial charge in [0.1, 0.15) is 5.78 Å².